The molecule has 0 unspecified atom stereocenters. The SMILES string of the molecule is Cc1cc(C)n(-c2ccc(Oc3ccc(NS(=O)(=O)c4cc(Cl)ccc4C)cc3)nn2)n1. The van der Waals surface area contributed by atoms with Gasteiger partial charge in [-0.25, -0.2) is 13.1 Å². The maximum absolute atomic E-state index is 12.7. The van der Waals surface area contributed by atoms with Crippen molar-refractivity contribution in [1.82, 2.24) is 20.0 Å². The van der Waals surface area contributed by atoms with E-state index in [4.69, 9.17) is 16.3 Å². The highest BCUT2D eigenvalue weighted by atomic mass is 35.5. The number of nitrogens with zero attached hydrogens (tertiary/aromatic N) is 4. The monoisotopic (exact) mass is 469 g/mol. The Hall–Kier alpha value is -3.43. The number of aryl methyl sites for hydroxylation is 3. The van der Waals surface area contributed by atoms with Crippen molar-refractivity contribution >= 4 is 27.3 Å². The third-order valence-corrected chi connectivity index (χ3v) is 6.38. The summed E-state index contributed by atoms with van der Waals surface area (Å²) < 4.78 is 35.4. The molecule has 0 bridgehead atoms. The molecule has 4 rings (SSSR count). The average Bonchev–Trinajstić information content (AvgIpc) is 3.09. The number of sulfonamides is 1. The fraction of sp³-hybridized carbons (Fsp3) is 0.136. The number of hydrogen-bond acceptors (Lipinski definition) is 6. The highest BCUT2D eigenvalue weighted by molar-refractivity contribution is 7.92. The summed E-state index contributed by atoms with van der Waals surface area (Å²) in [5.41, 5.74) is 2.84. The van der Waals surface area contributed by atoms with Crippen LogP contribution in [-0.4, -0.2) is 28.4 Å². The summed E-state index contributed by atoms with van der Waals surface area (Å²) in [4.78, 5) is 0.128. The van der Waals surface area contributed by atoms with Crippen LogP contribution in [0.25, 0.3) is 5.82 Å². The van der Waals surface area contributed by atoms with Crippen molar-refractivity contribution < 1.29 is 13.2 Å². The van der Waals surface area contributed by atoms with Gasteiger partial charge in [0.2, 0.25) is 5.88 Å². The number of ether oxygens (including phenoxy) is 1. The average molecular weight is 470 g/mol. The summed E-state index contributed by atoms with van der Waals surface area (Å²) in [7, 11) is -3.78. The van der Waals surface area contributed by atoms with Gasteiger partial charge in [0.25, 0.3) is 10.0 Å². The van der Waals surface area contributed by atoms with Crippen LogP contribution in [0, 0.1) is 20.8 Å². The molecule has 2 aromatic carbocycles. The van der Waals surface area contributed by atoms with Crippen molar-refractivity contribution in [1.29, 1.82) is 0 Å². The van der Waals surface area contributed by atoms with E-state index >= 15 is 0 Å². The molecule has 0 saturated carbocycles. The minimum absolute atomic E-state index is 0.128. The van der Waals surface area contributed by atoms with E-state index in [0.717, 1.165) is 11.4 Å². The summed E-state index contributed by atoms with van der Waals surface area (Å²) in [5.74, 6) is 1.38. The van der Waals surface area contributed by atoms with E-state index in [1.807, 2.05) is 19.9 Å². The van der Waals surface area contributed by atoms with Crippen LogP contribution in [-0.2, 0) is 10.0 Å². The normalized spacial score (nSPS) is 11.4. The molecule has 0 aliphatic rings. The van der Waals surface area contributed by atoms with Gasteiger partial charge in [0.15, 0.2) is 5.82 Å². The van der Waals surface area contributed by atoms with Gasteiger partial charge in [-0.2, -0.15) is 5.10 Å². The van der Waals surface area contributed by atoms with E-state index in [1.165, 1.54) is 6.07 Å². The second-order valence-corrected chi connectivity index (χ2v) is 9.30. The number of rotatable bonds is 6. The van der Waals surface area contributed by atoms with Gasteiger partial charge in [0.05, 0.1) is 10.6 Å². The molecule has 0 amide bonds. The van der Waals surface area contributed by atoms with Crippen molar-refractivity contribution in [3.8, 4) is 17.4 Å². The lowest BCUT2D eigenvalue weighted by Gasteiger charge is -2.11. The number of halogens is 1. The molecular formula is C22H20ClN5O3S. The molecule has 2 aromatic heterocycles. The molecule has 0 atom stereocenters. The van der Waals surface area contributed by atoms with Gasteiger partial charge in [-0.05, 0) is 74.9 Å². The quantitative estimate of drug-likeness (QED) is 0.434. The predicted octanol–water partition coefficient (Wildman–Crippen LogP) is 4.83. The van der Waals surface area contributed by atoms with Crippen LogP contribution in [0.15, 0.2) is 65.6 Å². The van der Waals surface area contributed by atoms with Gasteiger partial charge < -0.3 is 4.74 Å². The number of nitrogens with one attached hydrogen (secondary N) is 1. The van der Waals surface area contributed by atoms with Crippen LogP contribution in [0.2, 0.25) is 5.02 Å². The van der Waals surface area contributed by atoms with Crippen molar-refractivity contribution in [2.24, 2.45) is 0 Å². The number of anilines is 1. The van der Waals surface area contributed by atoms with E-state index in [1.54, 1.807) is 60.1 Å². The molecule has 32 heavy (non-hydrogen) atoms. The Balaban J connectivity index is 1.46. The zero-order valence-electron chi connectivity index (χ0n) is 17.6. The Morgan fingerprint density at radius 2 is 1.69 bits per heavy atom. The maximum Gasteiger partial charge on any atom is 0.262 e. The Kier molecular flexibility index (Phi) is 5.86. The Bertz CT molecular complexity index is 1370. The van der Waals surface area contributed by atoms with Crippen LogP contribution in [0.5, 0.6) is 11.6 Å². The van der Waals surface area contributed by atoms with Crippen molar-refractivity contribution in [3.05, 3.63) is 82.6 Å². The molecular weight excluding hydrogens is 450 g/mol. The first-order valence-electron chi connectivity index (χ1n) is 9.65. The third-order valence-electron chi connectivity index (χ3n) is 4.62. The summed E-state index contributed by atoms with van der Waals surface area (Å²) in [5, 5.41) is 13.0. The van der Waals surface area contributed by atoms with Crippen molar-refractivity contribution in [2.45, 2.75) is 25.7 Å². The molecule has 164 valence electrons. The molecule has 0 spiro atoms. The molecule has 0 aliphatic heterocycles. The molecule has 10 heteroatoms. The molecule has 0 fully saturated rings. The van der Waals surface area contributed by atoms with Gasteiger partial charge in [-0.15, -0.1) is 10.2 Å². The largest absolute Gasteiger partial charge is 0.438 e. The summed E-state index contributed by atoms with van der Waals surface area (Å²) in [6.45, 7) is 5.56. The van der Waals surface area contributed by atoms with E-state index in [0.29, 0.717) is 33.7 Å². The van der Waals surface area contributed by atoms with Crippen molar-refractivity contribution in [3.63, 3.8) is 0 Å². The predicted molar refractivity (Wildman–Crippen MR) is 122 cm³/mol. The third kappa shape index (κ3) is 4.74. The Labute approximate surface area is 190 Å². The van der Waals surface area contributed by atoms with Crippen LogP contribution < -0.4 is 9.46 Å². The van der Waals surface area contributed by atoms with Gasteiger partial charge in [0.1, 0.15) is 5.75 Å². The first kappa shape index (κ1) is 21.8. The van der Waals surface area contributed by atoms with E-state index < -0.39 is 10.0 Å². The van der Waals surface area contributed by atoms with E-state index in [2.05, 4.69) is 20.0 Å². The molecule has 0 saturated heterocycles. The molecule has 2 heterocycles. The fourth-order valence-corrected chi connectivity index (χ4v) is 4.69. The zero-order valence-corrected chi connectivity index (χ0v) is 19.1. The zero-order chi connectivity index (χ0) is 22.9. The number of aromatic nitrogens is 4. The topological polar surface area (TPSA) is 99.0 Å². The van der Waals surface area contributed by atoms with Crippen LogP contribution in [0.3, 0.4) is 0 Å². The lowest BCUT2D eigenvalue weighted by molar-refractivity contribution is 0.454. The second-order valence-electron chi connectivity index (χ2n) is 7.21. The fourth-order valence-electron chi connectivity index (χ4n) is 3.13. The Morgan fingerprint density at radius 3 is 2.31 bits per heavy atom. The minimum atomic E-state index is -3.78. The molecule has 4 aromatic rings. The molecule has 8 nitrogen and oxygen atoms in total. The van der Waals surface area contributed by atoms with Crippen LogP contribution >= 0.6 is 11.6 Å². The second kappa shape index (κ2) is 8.60. The van der Waals surface area contributed by atoms with E-state index in [9.17, 15) is 8.42 Å². The van der Waals surface area contributed by atoms with Gasteiger partial charge in [-0.1, -0.05) is 17.7 Å². The Morgan fingerprint density at radius 1 is 0.938 bits per heavy atom. The molecule has 1 N–H and O–H groups in total. The lowest BCUT2D eigenvalue weighted by atomic mass is 10.2. The lowest BCUT2D eigenvalue weighted by Crippen LogP contribution is -2.14. The molecule has 0 aliphatic carbocycles. The number of benzene rings is 2. The van der Waals surface area contributed by atoms with Crippen LogP contribution in [0.1, 0.15) is 17.0 Å². The van der Waals surface area contributed by atoms with Crippen molar-refractivity contribution in [2.75, 3.05) is 4.72 Å². The van der Waals surface area contributed by atoms with Gasteiger partial charge in [0, 0.05) is 22.5 Å². The number of hydrogen-bond donors (Lipinski definition) is 1. The summed E-state index contributed by atoms with van der Waals surface area (Å²) in [6, 6.07) is 16.6. The van der Waals surface area contributed by atoms with Gasteiger partial charge in [-0.3, -0.25) is 4.72 Å². The summed E-state index contributed by atoms with van der Waals surface area (Å²) >= 11 is 5.95. The van der Waals surface area contributed by atoms with E-state index in [-0.39, 0.29) is 4.90 Å². The molecule has 0 radical (unpaired) electrons. The highest BCUT2D eigenvalue weighted by Gasteiger charge is 2.17. The highest BCUT2D eigenvalue weighted by Crippen LogP contribution is 2.25. The van der Waals surface area contributed by atoms with Gasteiger partial charge >= 0.3 is 0 Å². The first-order chi connectivity index (χ1) is 15.2. The smallest absolute Gasteiger partial charge is 0.262 e. The minimum Gasteiger partial charge on any atom is -0.438 e. The van der Waals surface area contributed by atoms with Crippen LogP contribution in [0.4, 0.5) is 5.69 Å². The standard InChI is InChI=1S/C22H20ClN5O3S/c1-14-4-5-17(23)13-20(14)32(29,30)27-18-6-8-19(9-7-18)31-22-11-10-21(24-25-22)28-16(3)12-15(2)26-28/h4-13,27H,1-3H3. The maximum atomic E-state index is 12.7. The first-order valence-corrected chi connectivity index (χ1v) is 11.5. The summed E-state index contributed by atoms with van der Waals surface area (Å²) in [6.07, 6.45) is 0.